The molecule has 0 bridgehead atoms. The predicted octanol–water partition coefficient (Wildman–Crippen LogP) is 3.70. The maximum Gasteiger partial charge on any atom is 0.0349 e. The van der Waals surface area contributed by atoms with Crippen molar-refractivity contribution < 1.29 is 0 Å². The summed E-state index contributed by atoms with van der Waals surface area (Å²) in [5.41, 5.74) is 1.42. The Balaban J connectivity index is 2.06. The minimum Gasteiger partial charge on any atom is -0.310 e. The molecule has 1 aliphatic rings. The van der Waals surface area contributed by atoms with Gasteiger partial charge in [0, 0.05) is 18.4 Å². The third-order valence-electron chi connectivity index (χ3n) is 3.80. The largest absolute Gasteiger partial charge is 0.310 e. The molecule has 1 aromatic heterocycles. The average molecular weight is 232 g/mol. The summed E-state index contributed by atoms with van der Waals surface area (Å²) < 4.78 is 0. The highest BCUT2D eigenvalue weighted by Gasteiger charge is 2.24. The van der Waals surface area contributed by atoms with Gasteiger partial charge in [0.25, 0.3) is 0 Å². The van der Waals surface area contributed by atoms with Crippen LogP contribution in [-0.2, 0) is 0 Å². The first-order chi connectivity index (χ1) is 8.42. The molecule has 1 atom stereocenters. The van der Waals surface area contributed by atoms with E-state index < -0.39 is 0 Å². The molecule has 94 valence electrons. The first-order valence-electron chi connectivity index (χ1n) is 7.05. The van der Waals surface area contributed by atoms with Crippen molar-refractivity contribution in [2.24, 2.45) is 5.92 Å². The second-order valence-corrected chi connectivity index (χ2v) is 5.11. The Kier molecular flexibility index (Phi) is 4.99. The molecule has 0 aromatic carbocycles. The molecule has 1 N–H and O–H groups in total. The minimum absolute atomic E-state index is 0.540. The van der Waals surface area contributed by atoms with E-state index in [1.807, 2.05) is 12.4 Å². The molecule has 1 fully saturated rings. The summed E-state index contributed by atoms with van der Waals surface area (Å²) >= 11 is 0. The highest BCUT2D eigenvalue weighted by atomic mass is 14.9. The topological polar surface area (TPSA) is 24.9 Å². The quantitative estimate of drug-likeness (QED) is 0.837. The molecule has 0 radical (unpaired) electrons. The summed E-state index contributed by atoms with van der Waals surface area (Å²) in [6.45, 7) is 3.35. The molecule has 2 heteroatoms. The molecular formula is C15H24N2. The Morgan fingerprint density at radius 2 is 1.94 bits per heavy atom. The molecule has 0 amide bonds. The van der Waals surface area contributed by atoms with E-state index in [4.69, 9.17) is 0 Å². The molecule has 0 spiro atoms. The van der Waals surface area contributed by atoms with E-state index in [2.05, 4.69) is 29.4 Å². The second-order valence-electron chi connectivity index (χ2n) is 5.11. The highest BCUT2D eigenvalue weighted by Crippen LogP contribution is 2.34. The van der Waals surface area contributed by atoms with Crippen LogP contribution in [0.5, 0.6) is 0 Å². The number of pyridine rings is 1. The van der Waals surface area contributed by atoms with Crippen LogP contribution in [0.2, 0.25) is 0 Å². The lowest BCUT2D eigenvalue weighted by Gasteiger charge is -2.31. The lowest BCUT2D eigenvalue weighted by molar-refractivity contribution is 0.272. The first-order valence-corrected chi connectivity index (χ1v) is 7.05. The average Bonchev–Trinajstić information content (AvgIpc) is 2.42. The fraction of sp³-hybridized carbons (Fsp3) is 0.667. The molecule has 0 saturated heterocycles. The van der Waals surface area contributed by atoms with Crippen LogP contribution >= 0.6 is 0 Å². The van der Waals surface area contributed by atoms with Crippen LogP contribution in [0.3, 0.4) is 0 Å². The Morgan fingerprint density at radius 3 is 2.59 bits per heavy atom. The standard InChI is InChI=1S/C15H24N2/c1-2-10-17-15(13-6-4-3-5-7-13)14-8-11-16-12-9-14/h8-9,11-13,15,17H,2-7,10H2,1H3. The molecule has 1 saturated carbocycles. The van der Waals surface area contributed by atoms with Gasteiger partial charge in [-0.1, -0.05) is 26.2 Å². The summed E-state index contributed by atoms with van der Waals surface area (Å²) in [6, 6.07) is 4.88. The Hall–Kier alpha value is -0.890. The second kappa shape index (κ2) is 6.75. The van der Waals surface area contributed by atoms with Gasteiger partial charge in [-0.05, 0) is 49.4 Å². The van der Waals surface area contributed by atoms with Gasteiger partial charge in [-0.25, -0.2) is 0 Å². The van der Waals surface area contributed by atoms with E-state index in [0.29, 0.717) is 6.04 Å². The summed E-state index contributed by atoms with van der Waals surface area (Å²) in [5.74, 6) is 0.817. The van der Waals surface area contributed by atoms with Crippen LogP contribution < -0.4 is 5.32 Å². The molecule has 2 rings (SSSR count). The first kappa shape index (κ1) is 12.6. The molecule has 1 heterocycles. The SMILES string of the molecule is CCCNC(c1ccncc1)C1CCCCC1. The van der Waals surface area contributed by atoms with E-state index >= 15 is 0 Å². The van der Waals surface area contributed by atoms with E-state index in [-0.39, 0.29) is 0 Å². The number of rotatable bonds is 5. The third-order valence-corrected chi connectivity index (χ3v) is 3.80. The van der Waals surface area contributed by atoms with Gasteiger partial charge in [-0.3, -0.25) is 4.98 Å². The van der Waals surface area contributed by atoms with Crippen molar-refractivity contribution in [2.45, 2.75) is 51.5 Å². The summed E-state index contributed by atoms with van der Waals surface area (Å²) in [7, 11) is 0. The normalized spacial score (nSPS) is 19.1. The molecule has 2 nitrogen and oxygen atoms in total. The number of nitrogens with one attached hydrogen (secondary N) is 1. The lowest BCUT2D eigenvalue weighted by Crippen LogP contribution is -2.30. The van der Waals surface area contributed by atoms with Gasteiger partial charge in [-0.15, -0.1) is 0 Å². The number of hydrogen-bond acceptors (Lipinski definition) is 2. The molecular weight excluding hydrogens is 208 g/mol. The zero-order valence-electron chi connectivity index (χ0n) is 10.9. The van der Waals surface area contributed by atoms with E-state index in [1.54, 1.807) is 0 Å². The van der Waals surface area contributed by atoms with Crippen molar-refractivity contribution in [3.05, 3.63) is 30.1 Å². The smallest absolute Gasteiger partial charge is 0.0349 e. The summed E-state index contributed by atoms with van der Waals surface area (Å²) in [5, 5.41) is 3.73. The van der Waals surface area contributed by atoms with Crippen molar-refractivity contribution in [3.63, 3.8) is 0 Å². The maximum absolute atomic E-state index is 4.13. The summed E-state index contributed by atoms with van der Waals surface area (Å²) in [4.78, 5) is 4.13. The van der Waals surface area contributed by atoms with Gasteiger partial charge in [0.15, 0.2) is 0 Å². The Labute approximate surface area is 105 Å². The molecule has 1 unspecified atom stereocenters. The van der Waals surface area contributed by atoms with Crippen LogP contribution in [0.1, 0.15) is 57.1 Å². The van der Waals surface area contributed by atoms with Gasteiger partial charge < -0.3 is 5.32 Å². The van der Waals surface area contributed by atoms with Crippen LogP contribution in [0, 0.1) is 5.92 Å². The zero-order chi connectivity index (χ0) is 11.9. The van der Waals surface area contributed by atoms with Gasteiger partial charge >= 0.3 is 0 Å². The fourth-order valence-electron chi connectivity index (χ4n) is 2.89. The molecule has 1 aromatic rings. The van der Waals surface area contributed by atoms with Crippen LogP contribution in [0.15, 0.2) is 24.5 Å². The predicted molar refractivity (Wildman–Crippen MR) is 71.8 cm³/mol. The van der Waals surface area contributed by atoms with Crippen molar-refractivity contribution in [2.75, 3.05) is 6.54 Å². The van der Waals surface area contributed by atoms with E-state index in [9.17, 15) is 0 Å². The molecule has 17 heavy (non-hydrogen) atoms. The van der Waals surface area contributed by atoms with Gasteiger partial charge in [0.1, 0.15) is 0 Å². The van der Waals surface area contributed by atoms with E-state index in [0.717, 1.165) is 12.5 Å². The van der Waals surface area contributed by atoms with Crippen molar-refractivity contribution in [1.29, 1.82) is 0 Å². The fourth-order valence-corrected chi connectivity index (χ4v) is 2.89. The van der Waals surface area contributed by atoms with Crippen molar-refractivity contribution >= 4 is 0 Å². The summed E-state index contributed by atoms with van der Waals surface area (Å²) in [6.07, 6.45) is 12.0. The minimum atomic E-state index is 0.540. The number of nitrogens with zero attached hydrogens (tertiary/aromatic N) is 1. The van der Waals surface area contributed by atoms with Crippen LogP contribution in [0.25, 0.3) is 0 Å². The van der Waals surface area contributed by atoms with Crippen LogP contribution in [0.4, 0.5) is 0 Å². The monoisotopic (exact) mass is 232 g/mol. The zero-order valence-corrected chi connectivity index (χ0v) is 10.9. The van der Waals surface area contributed by atoms with Gasteiger partial charge in [-0.2, -0.15) is 0 Å². The van der Waals surface area contributed by atoms with Crippen LogP contribution in [-0.4, -0.2) is 11.5 Å². The maximum atomic E-state index is 4.13. The lowest BCUT2D eigenvalue weighted by atomic mass is 9.81. The number of aromatic nitrogens is 1. The number of hydrogen-bond donors (Lipinski definition) is 1. The third kappa shape index (κ3) is 3.53. The Morgan fingerprint density at radius 1 is 1.24 bits per heavy atom. The highest BCUT2D eigenvalue weighted by molar-refractivity contribution is 5.16. The van der Waals surface area contributed by atoms with Crippen molar-refractivity contribution in [3.8, 4) is 0 Å². The molecule has 1 aliphatic carbocycles. The Bertz CT molecular complexity index is 304. The van der Waals surface area contributed by atoms with E-state index in [1.165, 1.54) is 44.1 Å². The van der Waals surface area contributed by atoms with Gasteiger partial charge in [0.05, 0.1) is 0 Å². The van der Waals surface area contributed by atoms with Crippen molar-refractivity contribution in [1.82, 2.24) is 10.3 Å². The molecule has 0 aliphatic heterocycles. The van der Waals surface area contributed by atoms with Gasteiger partial charge in [0.2, 0.25) is 0 Å².